The molecule has 1 saturated heterocycles. The summed E-state index contributed by atoms with van der Waals surface area (Å²) in [5.41, 5.74) is 0.690. The van der Waals surface area contributed by atoms with E-state index in [4.69, 9.17) is 0 Å². The zero-order chi connectivity index (χ0) is 19.3. The molecule has 2 rings (SSSR count). The third-order valence-electron chi connectivity index (χ3n) is 4.60. The molecule has 142 valence electrons. The van der Waals surface area contributed by atoms with E-state index in [0.29, 0.717) is 29.3 Å². The number of nitrogens with one attached hydrogen (secondary N) is 1. The van der Waals surface area contributed by atoms with Crippen molar-refractivity contribution in [3.05, 3.63) is 47.3 Å². The molecule has 6 heteroatoms. The van der Waals surface area contributed by atoms with Crippen molar-refractivity contribution in [2.45, 2.75) is 45.6 Å². The molecule has 1 N–H and O–H groups in total. The van der Waals surface area contributed by atoms with Gasteiger partial charge in [-0.3, -0.25) is 9.59 Å². The average molecular weight is 379 g/mol. The Hall–Kier alpha value is -1.82. The van der Waals surface area contributed by atoms with Crippen LogP contribution in [0.3, 0.4) is 0 Å². The summed E-state index contributed by atoms with van der Waals surface area (Å²) in [6, 6.07) is 6.12. The van der Waals surface area contributed by atoms with Crippen LogP contribution in [0.2, 0.25) is 0 Å². The highest BCUT2D eigenvalue weighted by molar-refractivity contribution is 7.99. The minimum absolute atomic E-state index is 0.0923. The van der Waals surface area contributed by atoms with Gasteiger partial charge in [-0.05, 0) is 25.0 Å². The summed E-state index contributed by atoms with van der Waals surface area (Å²) in [6.07, 6.45) is 2.66. The lowest BCUT2D eigenvalue weighted by Crippen LogP contribution is -2.49. The second-order valence-corrected chi connectivity index (χ2v) is 8.17. The Morgan fingerprint density at radius 1 is 1.38 bits per heavy atom. The van der Waals surface area contributed by atoms with Crippen LogP contribution in [0.25, 0.3) is 0 Å². The van der Waals surface area contributed by atoms with E-state index in [1.54, 1.807) is 41.8 Å². The summed E-state index contributed by atoms with van der Waals surface area (Å²) in [7, 11) is 0. The van der Waals surface area contributed by atoms with Gasteiger partial charge in [-0.2, -0.15) is 0 Å². The molecule has 2 amide bonds. The molecule has 0 aromatic heterocycles. The Kier molecular flexibility index (Phi) is 6.87. The Labute approximate surface area is 159 Å². The lowest BCUT2D eigenvalue weighted by Gasteiger charge is -2.28. The molecule has 4 nitrogen and oxygen atoms in total. The number of carbonyl (C=O) groups is 2. The third-order valence-corrected chi connectivity index (χ3v) is 5.61. The Morgan fingerprint density at radius 3 is 2.73 bits per heavy atom. The van der Waals surface area contributed by atoms with Crippen molar-refractivity contribution >= 4 is 23.6 Å². The molecule has 1 fully saturated rings. The Balaban J connectivity index is 2.04. The van der Waals surface area contributed by atoms with Crippen LogP contribution >= 0.6 is 11.8 Å². The molecule has 1 heterocycles. The zero-order valence-corrected chi connectivity index (χ0v) is 16.7. The Morgan fingerprint density at radius 2 is 2.08 bits per heavy atom. The number of amides is 2. The van der Waals surface area contributed by atoms with Gasteiger partial charge < -0.3 is 10.2 Å². The first kappa shape index (κ1) is 20.5. The standard InChI is InChI=1S/C20H27FN2O2S/c1-5-8-14(2)19(25)23-13-26-11-17(23)18(24)22-12-20(3,4)15-9-6-7-10-16(15)21/h6-10,17H,5,11-13H2,1-4H3,(H,22,24). The monoisotopic (exact) mass is 378 g/mol. The number of benzene rings is 1. The molecule has 0 radical (unpaired) electrons. The fraction of sp³-hybridized carbons (Fsp3) is 0.500. The van der Waals surface area contributed by atoms with Gasteiger partial charge in [0.15, 0.2) is 0 Å². The molecule has 0 spiro atoms. The fourth-order valence-corrected chi connectivity index (χ4v) is 4.17. The number of hydrogen-bond acceptors (Lipinski definition) is 3. The maximum atomic E-state index is 14.1. The van der Waals surface area contributed by atoms with E-state index < -0.39 is 11.5 Å². The van der Waals surface area contributed by atoms with Crippen LogP contribution in [0.1, 0.15) is 39.7 Å². The normalized spacial score (nSPS) is 18.1. The van der Waals surface area contributed by atoms with Crippen molar-refractivity contribution in [3.8, 4) is 0 Å². The fourth-order valence-electron chi connectivity index (χ4n) is 3.01. The first-order valence-corrected chi connectivity index (χ1v) is 10.0. The molecule has 0 bridgehead atoms. The molecule has 1 aliphatic heterocycles. The van der Waals surface area contributed by atoms with Crippen molar-refractivity contribution in [2.75, 3.05) is 18.2 Å². The predicted molar refractivity (Wildman–Crippen MR) is 104 cm³/mol. The van der Waals surface area contributed by atoms with E-state index in [0.717, 1.165) is 6.42 Å². The first-order chi connectivity index (χ1) is 12.3. The lowest BCUT2D eigenvalue weighted by molar-refractivity contribution is -0.135. The van der Waals surface area contributed by atoms with Gasteiger partial charge in [-0.25, -0.2) is 4.39 Å². The minimum atomic E-state index is -0.542. The summed E-state index contributed by atoms with van der Waals surface area (Å²) in [4.78, 5) is 26.8. The van der Waals surface area contributed by atoms with Crippen LogP contribution in [0.5, 0.6) is 0 Å². The lowest BCUT2D eigenvalue weighted by atomic mass is 9.84. The molecule has 1 aromatic rings. The van der Waals surface area contributed by atoms with Gasteiger partial charge in [0.1, 0.15) is 11.9 Å². The van der Waals surface area contributed by atoms with Gasteiger partial charge in [0.25, 0.3) is 5.91 Å². The largest absolute Gasteiger partial charge is 0.353 e. The van der Waals surface area contributed by atoms with Gasteiger partial charge >= 0.3 is 0 Å². The van der Waals surface area contributed by atoms with E-state index >= 15 is 0 Å². The van der Waals surface area contributed by atoms with E-state index in [9.17, 15) is 14.0 Å². The van der Waals surface area contributed by atoms with Crippen LogP contribution in [0.15, 0.2) is 35.9 Å². The summed E-state index contributed by atoms with van der Waals surface area (Å²) in [5, 5.41) is 2.91. The summed E-state index contributed by atoms with van der Waals surface area (Å²) in [6.45, 7) is 7.85. The van der Waals surface area contributed by atoms with Crippen molar-refractivity contribution in [2.24, 2.45) is 0 Å². The third kappa shape index (κ3) is 4.67. The van der Waals surface area contributed by atoms with Crippen molar-refractivity contribution < 1.29 is 14.0 Å². The smallest absolute Gasteiger partial charge is 0.250 e. The number of allylic oxidation sites excluding steroid dienone is 1. The molecule has 1 atom stereocenters. The van der Waals surface area contributed by atoms with Crippen LogP contribution in [0, 0.1) is 5.82 Å². The SMILES string of the molecule is CCC=C(C)C(=O)N1CSCC1C(=O)NCC(C)(C)c1ccccc1F. The molecule has 0 saturated carbocycles. The predicted octanol–water partition coefficient (Wildman–Crippen LogP) is 3.48. The molecule has 0 aliphatic carbocycles. The number of rotatable bonds is 6. The topological polar surface area (TPSA) is 49.4 Å². The van der Waals surface area contributed by atoms with E-state index in [-0.39, 0.29) is 17.6 Å². The molecular weight excluding hydrogens is 351 g/mol. The van der Waals surface area contributed by atoms with Crippen molar-refractivity contribution in [1.29, 1.82) is 0 Å². The van der Waals surface area contributed by atoms with Gasteiger partial charge in [-0.15, -0.1) is 11.8 Å². The van der Waals surface area contributed by atoms with Crippen molar-refractivity contribution in [3.63, 3.8) is 0 Å². The second-order valence-electron chi connectivity index (χ2n) is 7.17. The summed E-state index contributed by atoms with van der Waals surface area (Å²) >= 11 is 1.57. The van der Waals surface area contributed by atoms with E-state index in [1.807, 2.05) is 26.8 Å². The summed E-state index contributed by atoms with van der Waals surface area (Å²) < 4.78 is 14.1. The summed E-state index contributed by atoms with van der Waals surface area (Å²) in [5.74, 6) is 0.544. The van der Waals surface area contributed by atoms with E-state index in [1.165, 1.54) is 6.07 Å². The highest BCUT2D eigenvalue weighted by Gasteiger charge is 2.36. The van der Waals surface area contributed by atoms with Crippen LogP contribution in [-0.2, 0) is 15.0 Å². The molecular formula is C20H27FN2O2S. The zero-order valence-electron chi connectivity index (χ0n) is 15.8. The number of nitrogens with zero attached hydrogens (tertiary/aromatic N) is 1. The molecule has 26 heavy (non-hydrogen) atoms. The quantitative estimate of drug-likeness (QED) is 0.771. The molecule has 1 aliphatic rings. The van der Waals surface area contributed by atoms with E-state index in [2.05, 4.69) is 5.32 Å². The molecule has 1 unspecified atom stereocenters. The molecule has 1 aromatic carbocycles. The van der Waals surface area contributed by atoms with Crippen LogP contribution in [0.4, 0.5) is 4.39 Å². The minimum Gasteiger partial charge on any atom is -0.353 e. The van der Waals surface area contributed by atoms with Crippen LogP contribution in [-0.4, -0.2) is 40.9 Å². The van der Waals surface area contributed by atoms with Gasteiger partial charge in [0.2, 0.25) is 5.91 Å². The highest BCUT2D eigenvalue weighted by atomic mass is 32.2. The number of halogens is 1. The highest BCUT2D eigenvalue weighted by Crippen LogP contribution is 2.26. The average Bonchev–Trinajstić information content (AvgIpc) is 3.09. The van der Waals surface area contributed by atoms with Gasteiger partial charge in [0.05, 0.1) is 5.88 Å². The number of hydrogen-bond donors (Lipinski definition) is 1. The van der Waals surface area contributed by atoms with Crippen molar-refractivity contribution in [1.82, 2.24) is 10.2 Å². The Bertz CT molecular complexity index is 703. The van der Waals surface area contributed by atoms with Gasteiger partial charge in [-0.1, -0.05) is 45.0 Å². The van der Waals surface area contributed by atoms with Gasteiger partial charge in [0, 0.05) is 23.3 Å². The number of thioether (sulfide) groups is 1. The first-order valence-electron chi connectivity index (χ1n) is 8.86. The maximum absolute atomic E-state index is 14.1. The number of carbonyl (C=O) groups excluding carboxylic acids is 2. The maximum Gasteiger partial charge on any atom is 0.250 e. The second kappa shape index (κ2) is 8.71. The van der Waals surface area contributed by atoms with Crippen LogP contribution < -0.4 is 5.32 Å².